The molecule has 0 aromatic heterocycles. The van der Waals surface area contributed by atoms with Crippen LogP contribution in [0.3, 0.4) is 0 Å². The number of fused-ring (bicyclic) bond motifs is 1. The highest BCUT2D eigenvalue weighted by Crippen LogP contribution is 2.44. The summed E-state index contributed by atoms with van der Waals surface area (Å²) >= 11 is 0. The average molecular weight is 304 g/mol. The second-order valence-corrected chi connectivity index (χ2v) is 6.54. The Labute approximate surface area is 134 Å². The maximum Gasteiger partial charge on any atom is 0.118 e. The van der Waals surface area contributed by atoms with Gasteiger partial charge in [-0.3, -0.25) is 4.90 Å². The van der Waals surface area contributed by atoms with E-state index in [9.17, 15) is 0 Å². The van der Waals surface area contributed by atoms with Crippen LogP contribution >= 0.6 is 0 Å². The average Bonchev–Trinajstić information content (AvgIpc) is 3.04. The van der Waals surface area contributed by atoms with E-state index in [0.717, 1.165) is 37.3 Å². The van der Waals surface area contributed by atoms with Gasteiger partial charge in [0.25, 0.3) is 0 Å². The zero-order valence-corrected chi connectivity index (χ0v) is 14.0. The molecule has 122 valence electrons. The minimum atomic E-state index is 0.535. The predicted molar refractivity (Wildman–Crippen MR) is 88.3 cm³/mol. The van der Waals surface area contributed by atoms with E-state index in [1.807, 2.05) is 0 Å². The van der Waals surface area contributed by atoms with Gasteiger partial charge in [-0.15, -0.1) is 0 Å². The molecule has 1 aromatic rings. The van der Waals surface area contributed by atoms with Crippen molar-refractivity contribution >= 4 is 0 Å². The van der Waals surface area contributed by atoms with Crippen LogP contribution in [0.2, 0.25) is 0 Å². The van der Waals surface area contributed by atoms with Crippen molar-refractivity contribution in [1.82, 2.24) is 9.80 Å². The van der Waals surface area contributed by atoms with E-state index >= 15 is 0 Å². The fourth-order valence-corrected chi connectivity index (χ4v) is 4.17. The summed E-state index contributed by atoms with van der Waals surface area (Å²) in [4.78, 5) is 5.10. The van der Waals surface area contributed by atoms with Crippen LogP contribution in [-0.4, -0.2) is 63.4 Å². The molecule has 3 atom stereocenters. The highest BCUT2D eigenvalue weighted by atomic mass is 16.5. The third-order valence-corrected chi connectivity index (χ3v) is 5.18. The van der Waals surface area contributed by atoms with Gasteiger partial charge in [0.2, 0.25) is 0 Å². The van der Waals surface area contributed by atoms with Gasteiger partial charge in [-0.2, -0.15) is 0 Å². The maximum absolute atomic E-state index is 5.51. The van der Waals surface area contributed by atoms with Gasteiger partial charge in [0.1, 0.15) is 5.75 Å². The first-order chi connectivity index (χ1) is 10.7. The largest absolute Gasteiger partial charge is 0.497 e. The van der Waals surface area contributed by atoms with Gasteiger partial charge in [0.15, 0.2) is 0 Å². The fraction of sp³-hybridized carbons (Fsp3) is 0.667. The summed E-state index contributed by atoms with van der Waals surface area (Å²) in [5.41, 5.74) is 1.42. The van der Waals surface area contributed by atoms with E-state index in [4.69, 9.17) is 9.47 Å². The molecule has 0 amide bonds. The van der Waals surface area contributed by atoms with Gasteiger partial charge in [-0.05, 0) is 43.5 Å². The molecule has 0 unspecified atom stereocenters. The Morgan fingerprint density at radius 3 is 2.59 bits per heavy atom. The van der Waals surface area contributed by atoms with Gasteiger partial charge >= 0.3 is 0 Å². The van der Waals surface area contributed by atoms with Crippen LogP contribution in [0.5, 0.6) is 5.75 Å². The van der Waals surface area contributed by atoms with Crippen LogP contribution in [0.15, 0.2) is 24.3 Å². The lowest BCUT2D eigenvalue weighted by molar-refractivity contribution is 0.115. The molecule has 2 saturated heterocycles. The first-order valence-corrected chi connectivity index (χ1v) is 8.37. The van der Waals surface area contributed by atoms with E-state index in [2.05, 4.69) is 48.0 Å². The van der Waals surface area contributed by atoms with Crippen molar-refractivity contribution in [2.75, 3.05) is 53.6 Å². The zero-order chi connectivity index (χ0) is 15.5. The number of methoxy groups -OCH3 is 1. The molecule has 0 spiro atoms. The Hall–Kier alpha value is -1.10. The van der Waals surface area contributed by atoms with E-state index in [-0.39, 0.29) is 0 Å². The number of rotatable bonds is 6. The van der Waals surface area contributed by atoms with E-state index in [1.54, 1.807) is 7.11 Å². The smallest absolute Gasteiger partial charge is 0.118 e. The summed E-state index contributed by atoms with van der Waals surface area (Å²) in [7, 11) is 3.98. The standard InChI is InChI=1S/C18H28N2O2/c1-4-22-10-9-20-12-15-11-19(2)18(17(15)13-20)14-5-7-16(21-3)8-6-14/h5-8,15,17-18H,4,9-13H2,1-3H3/t15-,17+,18-/m0/s1. The summed E-state index contributed by atoms with van der Waals surface area (Å²) in [5, 5.41) is 0. The molecule has 3 rings (SSSR count). The Morgan fingerprint density at radius 2 is 1.91 bits per heavy atom. The van der Waals surface area contributed by atoms with E-state index in [0.29, 0.717) is 6.04 Å². The molecule has 1 aromatic carbocycles. The number of ether oxygens (including phenoxy) is 2. The monoisotopic (exact) mass is 304 g/mol. The summed E-state index contributed by atoms with van der Waals surface area (Å²) in [5.74, 6) is 2.46. The van der Waals surface area contributed by atoms with Gasteiger partial charge in [-0.1, -0.05) is 12.1 Å². The number of benzene rings is 1. The van der Waals surface area contributed by atoms with Gasteiger partial charge < -0.3 is 14.4 Å². The molecular weight excluding hydrogens is 276 g/mol. The van der Waals surface area contributed by atoms with Crippen molar-refractivity contribution in [2.24, 2.45) is 11.8 Å². The van der Waals surface area contributed by atoms with Gasteiger partial charge in [-0.25, -0.2) is 0 Å². The third kappa shape index (κ3) is 3.14. The predicted octanol–water partition coefficient (Wildman–Crippen LogP) is 2.27. The van der Waals surface area contributed by atoms with Crippen LogP contribution in [0, 0.1) is 11.8 Å². The minimum absolute atomic E-state index is 0.535. The van der Waals surface area contributed by atoms with Gasteiger partial charge in [0.05, 0.1) is 13.7 Å². The van der Waals surface area contributed by atoms with Crippen LogP contribution in [0.4, 0.5) is 0 Å². The summed E-state index contributed by atoms with van der Waals surface area (Å²) < 4.78 is 10.8. The third-order valence-electron chi connectivity index (χ3n) is 5.18. The lowest BCUT2D eigenvalue weighted by Crippen LogP contribution is -2.31. The number of nitrogens with zero attached hydrogens (tertiary/aromatic N) is 2. The summed E-state index contributed by atoms with van der Waals surface area (Å²) in [6.45, 7) is 8.42. The van der Waals surface area contributed by atoms with Gasteiger partial charge in [0, 0.05) is 38.8 Å². The molecule has 0 saturated carbocycles. The minimum Gasteiger partial charge on any atom is -0.497 e. The molecule has 4 heteroatoms. The highest BCUT2D eigenvalue weighted by molar-refractivity contribution is 5.30. The van der Waals surface area contributed by atoms with Crippen LogP contribution in [0.25, 0.3) is 0 Å². The van der Waals surface area contributed by atoms with Crippen LogP contribution < -0.4 is 4.74 Å². The van der Waals surface area contributed by atoms with Crippen molar-refractivity contribution in [3.05, 3.63) is 29.8 Å². The second kappa shape index (κ2) is 6.99. The Morgan fingerprint density at radius 1 is 1.14 bits per heavy atom. The summed E-state index contributed by atoms with van der Waals surface area (Å²) in [6, 6.07) is 9.15. The van der Waals surface area contributed by atoms with Crippen molar-refractivity contribution in [3.8, 4) is 5.75 Å². The lowest BCUT2D eigenvalue weighted by atomic mass is 9.89. The molecule has 2 aliphatic rings. The molecule has 2 heterocycles. The maximum atomic E-state index is 5.51. The number of likely N-dealkylation sites (tertiary alicyclic amines) is 2. The topological polar surface area (TPSA) is 24.9 Å². The molecule has 22 heavy (non-hydrogen) atoms. The van der Waals surface area contributed by atoms with Crippen LogP contribution in [0.1, 0.15) is 18.5 Å². The fourth-order valence-electron chi connectivity index (χ4n) is 4.17. The Bertz CT molecular complexity index is 476. The number of hydrogen-bond donors (Lipinski definition) is 0. The first kappa shape index (κ1) is 15.8. The molecule has 2 fully saturated rings. The Kier molecular flexibility index (Phi) is 5.01. The Balaban J connectivity index is 1.66. The zero-order valence-electron chi connectivity index (χ0n) is 14.0. The quantitative estimate of drug-likeness (QED) is 0.753. The SMILES string of the molecule is CCOCCN1C[C@@H]2CN(C)[C@@H](c3ccc(OC)cc3)[C@@H]2C1. The van der Waals surface area contributed by atoms with Crippen molar-refractivity contribution < 1.29 is 9.47 Å². The normalized spacial score (nSPS) is 29.0. The van der Waals surface area contributed by atoms with Crippen LogP contribution in [-0.2, 0) is 4.74 Å². The molecule has 4 nitrogen and oxygen atoms in total. The molecule has 2 aliphatic heterocycles. The summed E-state index contributed by atoms with van der Waals surface area (Å²) in [6.07, 6.45) is 0. The second-order valence-electron chi connectivity index (χ2n) is 6.54. The molecule has 0 aliphatic carbocycles. The van der Waals surface area contributed by atoms with E-state index < -0.39 is 0 Å². The molecule has 0 N–H and O–H groups in total. The van der Waals surface area contributed by atoms with Crippen molar-refractivity contribution in [2.45, 2.75) is 13.0 Å². The molecule has 0 radical (unpaired) electrons. The first-order valence-electron chi connectivity index (χ1n) is 8.37. The molecular formula is C18H28N2O2. The lowest BCUT2D eigenvalue weighted by Gasteiger charge is -2.27. The number of hydrogen-bond acceptors (Lipinski definition) is 4. The van der Waals surface area contributed by atoms with Crippen molar-refractivity contribution in [1.29, 1.82) is 0 Å². The highest BCUT2D eigenvalue weighted by Gasteiger charge is 2.45. The van der Waals surface area contributed by atoms with Crippen molar-refractivity contribution in [3.63, 3.8) is 0 Å². The molecule has 0 bridgehead atoms. The van der Waals surface area contributed by atoms with E-state index in [1.165, 1.54) is 25.2 Å².